The molecular formula is C21H30N2O2. The van der Waals surface area contributed by atoms with Crippen LogP contribution in [0.5, 0.6) is 0 Å². The first-order valence-corrected chi connectivity index (χ1v) is 9.40. The molecule has 0 saturated carbocycles. The van der Waals surface area contributed by atoms with Crippen LogP contribution >= 0.6 is 0 Å². The van der Waals surface area contributed by atoms with Crippen molar-refractivity contribution in [2.75, 3.05) is 7.11 Å². The fourth-order valence-corrected chi connectivity index (χ4v) is 3.06. The van der Waals surface area contributed by atoms with Crippen LogP contribution in [0.1, 0.15) is 57.4 Å². The maximum Gasteiger partial charge on any atom is 0.330 e. The number of nitrogens with zero attached hydrogens (tertiary/aromatic N) is 1. The largest absolute Gasteiger partial charge is 0.467 e. The van der Waals surface area contributed by atoms with E-state index < -0.39 is 6.04 Å². The molecule has 0 spiro atoms. The molecule has 0 aliphatic carbocycles. The third-order valence-corrected chi connectivity index (χ3v) is 4.53. The second-order valence-corrected chi connectivity index (χ2v) is 6.49. The summed E-state index contributed by atoms with van der Waals surface area (Å²) in [6.45, 7) is 2.23. The van der Waals surface area contributed by atoms with Crippen molar-refractivity contribution in [3.63, 3.8) is 0 Å². The second-order valence-electron chi connectivity index (χ2n) is 6.49. The molecule has 0 aliphatic rings. The van der Waals surface area contributed by atoms with Gasteiger partial charge in [0.05, 0.1) is 7.11 Å². The van der Waals surface area contributed by atoms with Crippen molar-refractivity contribution in [1.29, 1.82) is 0 Å². The number of aromatic nitrogens is 1. The number of carbonyl (C=O) groups is 1. The van der Waals surface area contributed by atoms with Crippen molar-refractivity contribution in [2.24, 2.45) is 4.99 Å². The van der Waals surface area contributed by atoms with Gasteiger partial charge in [-0.3, -0.25) is 4.99 Å². The van der Waals surface area contributed by atoms with Gasteiger partial charge in [-0.25, -0.2) is 4.79 Å². The molecule has 2 aromatic rings. The van der Waals surface area contributed by atoms with Gasteiger partial charge in [0.25, 0.3) is 0 Å². The van der Waals surface area contributed by atoms with Crippen LogP contribution in [0.15, 0.2) is 35.5 Å². The molecule has 2 rings (SSSR count). The summed E-state index contributed by atoms with van der Waals surface area (Å²) in [5, 5.41) is 1.14. The highest BCUT2D eigenvalue weighted by molar-refractivity contribution is 5.85. The third-order valence-electron chi connectivity index (χ3n) is 4.53. The number of nitrogens with one attached hydrogen (secondary N) is 1. The molecule has 25 heavy (non-hydrogen) atoms. The smallest absolute Gasteiger partial charge is 0.330 e. The summed E-state index contributed by atoms with van der Waals surface area (Å²) >= 11 is 0. The highest BCUT2D eigenvalue weighted by Gasteiger charge is 2.19. The van der Waals surface area contributed by atoms with Gasteiger partial charge in [0, 0.05) is 23.5 Å². The fraction of sp³-hybridized carbons (Fsp3) is 0.524. The molecule has 1 atom stereocenters. The minimum absolute atomic E-state index is 0.274. The number of hydrogen-bond donors (Lipinski definition) is 1. The molecule has 4 nitrogen and oxygen atoms in total. The lowest BCUT2D eigenvalue weighted by Crippen LogP contribution is -2.22. The average Bonchev–Trinajstić information content (AvgIpc) is 3.05. The number of H-pyrrole nitrogens is 1. The molecular weight excluding hydrogens is 312 g/mol. The number of esters is 1. The Kier molecular flexibility index (Phi) is 8.23. The number of benzene rings is 1. The highest BCUT2D eigenvalue weighted by atomic mass is 16.5. The van der Waals surface area contributed by atoms with E-state index in [1.807, 2.05) is 30.6 Å². The summed E-state index contributed by atoms with van der Waals surface area (Å²) in [6.07, 6.45) is 12.9. The zero-order chi connectivity index (χ0) is 17.9. The Hall–Kier alpha value is -2.10. The Morgan fingerprint density at radius 2 is 1.96 bits per heavy atom. The Bertz CT molecular complexity index is 675. The zero-order valence-corrected chi connectivity index (χ0v) is 15.5. The molecule has 0 amide bonds. The van der Waals surface area contributed by atoms with Gasteiger partial charge in [-0.2, -0.15) is 0 Å². The van der Waals surface area contributed by atoms with Gasteiger partial charge < -0.3 is 9.72 Å². The zero-order valence-electron chi connectivity index (χ0n) is 15.5. The van der Waals surface area contributed by atoms with Crippen molar-refractivity contribution in [2.45, 2.75) is 64.3 Å². The molecule has 1 heterocycles. The number of aromatic amines is 1. The minimum atomic E-state index is -0.468. The number of unbranched alkanes of at least 4 members (excludes halogenated alkanes) is 6. The summed E-state index contributed by atoms with van der Waals surface area (Å²) in [7, 11) is 1.42. The van der Waals surface area contributed by atoms with E-state index in [2.05, 4.69) is 23.0 Å². The molecule has 0 saturated heterocycles. The van der Waals surface area contributed by atoms with Crippen molar-refractivity contribution < 1.29 is 9.53 Å². The summed E-state index contributed by atoms with van der Waals surface area (Å²) in [5.74, 6) is -0.274. The first-order valence-electron chi connectivity index (χ1n) is 9.40. The van der Waals surface area contributed by atoms with Gasteiger partial charge in [0.1, 0.15) is 0 Å². The standard InChI is InChI=1S/C21H30N2O2/c1-3-4-5-6-7-8-11-14-22-20(21(24)25-2)15-17-16-23-19-13-10-9-12-18(17)19/h9-10,12-14,16,20,23H,3-8,11,15H2,1-2H3/t20-/m0/s1. The molecule has 1 N–H and O–H groups in total. The Morgan fingerprint density at radius 3 is 2.76 bits per heavy atom. The molecule has 0 unspecified atom stereocenters. The van der Waals surface area contributed by atoms with Crippen LogP contribution < -0.4 is 0 Å². The third kappa shape index (κ3) is 6.04. The number of ether oxygens (including phenoxy) is 1. The Labute approximate surface area is 150 Å². The van der Waals surface area contributed by atoms with E-state index in [1.54, 1.807) is 0 Å². The first-order chi connectivity index (χ1) is 12.3. The van der Waals surface area contributed by atoms with Gasteiger partial charge in [0.2, 0.25) is 0 Å². The molecule has 1 aromatic heterocycles. The maximum absolute atomic E-state index is 12.1. The number of methoxy groups -OCH3 is 1. The first kappa shape index (κ1) is 19.2. The van der Waals surface area contributed by atoms with Gasteiger partial charge in [-0.1, -0.05) is 57.2 Å². The monoisotopic (exact) mass is 342 g/mol. The molecule has 0 radical (unpaired) electrons. The molecule has 4 heteroatoms. The SMILES string of the molecule is CCCCCCCCC=N[C@@H](Cc1c[nH]c2ccccc12)C(=O)OC. The van der Waals surface area contributed by atoms with Crippen LogP contribution in [0.3, 0.4) is 0 Å². The van der Waals surface area contributed by atoms with E-state index in [-0.39, 0.29) is 5.97 Å². The van der Waals surface area contributed by atoms with Crippen molar-refractivity contribution in [1.82, 2.24) is 4.98 Å². The predicted molar refractivity (Wildman–Crippen MR) is 104 cm³/mol. The van der Waals surface area contributed by atoms with Crippen LogP contribution in [0.2, 0.25) is 0 Å². The summed E-state index contributed by atoms with van der Waals surface area (Å²) in [5.41, 5.74) is 2.18. The van der Waals surface area contributed by atoms with Crippen LogP contribution in [-0.2, 0) is 16.0 Å². The Morgan fingerprint density at radius 1 is 1.20 bits per heavy atom. The summed E-state index contributed by atoms with van der Waals surface area (Å²) < 4.78 is 4.93. The molecule has 136 valence electrons. The van der Waals surface area contributed by atoms with Gasteiger partial charge in [-0.15, -0.1) is 0 Å². The van der Waals surface area contributed by atoms with E-state index >= 15 is 0 Å². The molecule has 1 aromatic carbocycles. The van der Waals surface area contributed by atoms with E-state index in [4.69, 9.17) is 4.74 Å². The number of fused-ring (bicyclic) bond motifs is 1. The molecule has 0 bridgehead atoms. The van der Waals surface area contributed by atoms with Crippen LogP contribution in [0.25, 0.3) is 10.9 Å². The van der Waals surface area contributed by atoms with Crippen LogP contribution in [-0.4, -0.2) is 30.3 Å². The van der Waals surface area contributed by atoms with Crippen molar-refractivity contribution >= 4 is 23.1 Å². The van der Waals surface area contributed by atoms with Crippen molar-refractivity contribution in [3.05, 3.63) is 36.0 Å². The van der Waals surface area contributed by atoms with Crippen LogP contribution in [0, 0.1) is 0 Å². The fourth-order valence-electron chi connectivity index (χ4n) is 3.06. The number of hydrogen-bond acceptors (Lipinski definition) is 3. The maximum atomic E-state index is 12.1. The lowest BCUT2D eigenvalue weighted by Gasteiger charge is -2.09. The topological polar surface area (TPSA) is 54.5 Å². The van der Waals surface area contributed by atoms with E-state index in [9.17, 15) is 4.79 Å². The number of carbonyl (C=O) groups excluding carboxylic acids is 1. The summed E-state index contributed by atoms with van der Waals surface area (Å²) in [6, 6.07) is 7.64. The summed E-state index contributed by atoms with van der Waals surface area (Å²) in [4.78, 5) is 19.8. The second kappa shape index (κ2) is 10.7. The number of rotatable bonds is 11. The van der Waals surface area contributed by atoms with Crippen molar-refractivity contribution in [3.8, 4) is 0 Å². The predicted octanol–water partition coefficient (Wildman–Crippen LogP) is 5.07. The molecule has 0 aliphatic heterocycles. The lowest BCUT2D eigenvalue weighted by atomic mass is 10.1. The van der Waals surface area contributed by atoms with Gasteiger partial charge in [0.15, 0.2) is 6.04 Å². The Balaban J connectivity index is 1.88. The highest BCUT2D eigenvalue weighted by Crippen LogP contribution is 2.20. The number of para-hydroxylation sites is 1. The van der Waals surface area contributed by atoms with Gasteiger partial charge >= 0.3 is 5.97 Å². The quantitative estimate of drug-likeness (QED) is 0.352. The minimum Gasteiger partial charge on any atom is -0.467 e. The molecule has 0 fully saturated rings. The van der Waals surface area contributed by atoms with E-state index in [1.165, 1.54) is 39.2 Å². The average molecular weight is 342 g/mol. The number of aliphatic imine (C=N–C) groups is 1. The van der Waals surface area contributed by atoms with E-state index in [0.717, 1.165) is 29.3 Å². The van der Waals surface area contributed by atoms with Gasteiger partial charge in [-0.05, 0) is 30.7 Å². The van der Waals surface area contributed by atoms with Crippen LogP contribution in [0.4, 0.5) is 0 Å². The normalized spacial score (nSPS) is 12.7. The van der Waals surface area contributed by atoms with E-state index in [0.29, 0.717) is 6.42 Å². The lowest BCUT2D eigenvalue weighted by molar-refractivity contribution is -0.142.